The maximum atomic E-state index is 14.8. The molecule has 2 aromatic rings. The summed E-state index contributed by atoms with van der Waals surface area (Å²) in [4.78, 5) is 20.7. The minimum absolute atomic E-state index is 0.122. The van der Waals surface area contributed by atoms with Crippen LogP contribution in [0.15, 0.2) is 35.5 Å². The van der Waals surface area contributed by atoms with Crippen LogP contribution in [0.4, 0.5) is 23.2 Å². The Labute approximate surface area is 184 Å². The van der Waals surface area contributed by atoms with Crippen LogP contribution < -0.4 is 11.1 Å². The SMILES string of the molecule is NC1=NC2(c3cc(NC(=O)c4ncc(C(F)(F)F)cc4Cl)ccc3F)CCCC2CS1. The number of halogens is 5. The number of aliphatic imine (C=N–C) groups is 1. The van der Waals surface area contributed by atoms with Gasteiger partial charge in [-0.25, -0.2) is 9.37 Å². The first-order valence-electron chi connectivity index (χ1n) is 9.42. The molecule has 164 valence electrons. The highest BCUT2D eigenvalue weighted by Gasteiger charge is 2.48. The van der Waals surface area contributed by atoms with Crippen molar-refractivity contribution < 1.29 is 22.4 Å². The van der Waals surface area contributed by atoms with Gasteiger partial charge in [0.1, 0.15) is 11.5 Å². The third-order valence-electron chi connectivity index (χ3n) is 5.60. The number of benzene rings is 1. The van der Waals surface area contributed by atoms with Crippen molar-refractivity contribution in [2.45, 2.75) is 31.0 Å². The predicted molar refractivity (Wildman–Crippen MR) is 112 cm³/mol. The summed E-state index contributed by atoms with van der Waals surface area (Å²) in [7, 11) is 0. The topological polar surface area (TPSA) is 80.4 Å². The minimum Gasteiger partial charge on any atom is -0.379 e. The Morgan fingerprint density at radius 3 is 2.81 bits per heavy atom. The molecule has 11 heteroatoms. The molecule has 4 rings (SSSR count). The number of carbonyl (C=O) groups is 1. The maximum Gasteiger partial charge on any atom is 0.417 e. The van der Waals surface area contributed by atoms with Crippen LogP contribution in [0.3, 0.4) is 0 Å². The fourth-order valence-electron chi connectivity index (χ4n) is 4.14. The molecule has 2 unspecified atom stereocenters. The fourth-order valence-corrected chi connectivity index (χ4v) is 5.44. The number of pyridine rings is 1. The highest BCUT2D eigenvalue weighted by atomic mass is 35.5. The van der Waals surface area contributed by atoms with Gasteiger partial charge in [0.2, 0.25) is 0 Å². The molecule has 0 saturated heterocycles. The lowest BCUT2D eigenvalue weighted by Crippen LogP contribution is -2.37. The summed E-state index contributed by atoms with van der Waals surface area (Å²) in [5.41, 5.74) is 4.31. The van der Waals surface area contributed by atoms with Crippen molar-refractivity contribution in [3.63, 3.8) is 0 Å². The summed E-state index contributed by atoms with van der Waals surface area (Å²) in [5, 5.41) is 2.49. The van der Waals surface area contributed by atoms with E-state index in [-0.39, 0.29) is 17.3 Å². The molecule has 1 amide bonds. The number of nitrogens with two attached hydrogens (primary N) is 1. The van der Waals surface area contributed by atoms with E-state index in [4.69, 9.17) is 17.3 Å². The summed E-state index contributed by atoms with van der Waals surface area (Å²) in [5.74, 6) is -0.412. The summed E-state index contributed by atoms with van der Waals surface area (Å²) in [6.07, 6.45) is -1.68. The second-order valence-electron chi connectivity index (χ2n) is 7.48. The second-order valence-corrected chi connectivity index (χ2v) is 8.92. The van der Waals surface area contributed by atoms with E-state index in [1.54, 1.807) is 0 Å². The molecule has 2 atom stereocenters. The van der Waals surface area contributed by atoms with Crippen molar-refractivity contribution in [2.75, 3.05) is 11.1 Å². The minimum atomic E-state index is -4.63. The highest BCUT2D eigenvalue weighted by Crippen LogP contribution is 2.51. The molecule has 2 heterocycles. The number of anilines is 1. The Hall–Kier alpha value is -2.33. The Bertz CT molecular complexity index is 1080. The van der Waals surface area contributed by atoms with Crippen LogP contribution in [0.5, 0.6) is 0 Å². The molecule has 5 nitrogen and oxygen atoms in total. The lowest BCUT2D eigenvalue weighted by molar-refractivity contribution is -0.137. The van der Waals surface area contributed by atoms with Gasteiger partial charge in [0.15, 0.2) is 5.17 Å². The van der Waals surface area contributed by atoms with Crippen LogP contribution in [0, 0.1) is 11.7 Å². The zero-order valence-corrected chi connectivity index (χ0v) is 17.5. The van der Waals surface area contributed by atoms with Gasteiger partial charge in [0.05, 0.1) is 16.1 Å². The number of nitrogens with zero attached hydrogens (tertiary/aromatic N) is 2. The van der Waals surface area contributed by atoms with E-state index in [0.717, 1.165) is 18.6 Å². The van der Waals surface area contributed by atoms with Crippen molar-refractivity contribution >= 4 is 40.1 Å². The van der Waals surface area contributed by atoms with Crippen molar-refractivity contribution in [2.24, 2.45) is 16.6 Å². The van der Waals surface area contributed by atoms with E-state index in [9.17, 15) is 22.4 Å². The summed E-state index contributed by atoms with van der Waals surface area (Å²) < 4.78 is 53.2. The number of fused-ring (bicyclic) bond motifs is 1. The molecule has 1 aliphatic carbocycles. The molecule has 0 bridgehead atoms. The van der Waals surface area contributed by atoms with Gasteiger partial charge >= 0.3 is 6.18 Å². The van der Waals surface area contributed by atoms with Crippen LogP contribution >= 0.6 is 23.4 Å². The third kappa shape index (κ3) is 4.10. The van der Waals surface area contributed by atoms with Crippen LogP contribution in [0.2, 0.25) is 5.02 Å². The molecule has 31 heavy (non-hydrogen) atoms. The summed E-state index contributed by atoms with van der Waals surface area (Å²) >= 11 is 7.29. The maximum absolute atomic E-state index is 14.8. The lowest BCUT2D eigenvalue weighted by Gasteiger charge is -2.36. The fraction of sp³-hybridized carbons (Fsp3) is 0.350. The Balaban J connectivity index is 1.64. The molecular formula is C20H17ClF4N4OS. The predicted octanol–water partition coefficient (Wildman–Crippen LogP) is 5.20. The molecule has 1 fully saturated rings. The lowest BCUT2D eigenvalue weighted by atomic mass is 9.81. The van der Waals surface area contributed by atoms with Gasteiger partial charge in [0, 0.05) is 23.2 Å². The Morgan fingerprint density at radius 2 is 2.10 bits per heavy atom. The molecule has 1 aromatic heterocycles. The van der Waals surface area contributed by atoms with Crippen LogP contribution in [-0.4, -0.2) is 21.8 Å². The van der Waals surface area contributed by atoms with Crippen molar-refractivity contribution in [3.05, 3.63) is 58.1 Å². The largest absolute Gasteiger partial charge is 0.417 e. The number of amidine groups is 1. The quantitative estimate of drug-likeness (QED) is 0.601. The number of thioether (sulfide) groups is 1. The van der Waals surface area contributed by atoms with Gasteiger partial charge in [-0.2, -0.15) is 13.2 Å². The van der Waals surface area contributed by atoms with Gasteiger partial charge in [0.25, 0.3) is 5.91 Å². The van der Waals surface area contributed by atoms with Crippen molar-refractivity contribution in [1.82, 2.24) is 4.98 Å². The molecular weight excluding hydrogens is 456 g/mol. The molecule has 3 N–H and O–H groups in total. The van der Waals surface area contributed by atoms with Crippen molar-refractivity contribution in [1.29, 1.82) is 0 Å². The van der Waals surface area contributed by atoms with Gasteiger partial charge in [-0.1, -0.05) is 29.8 Å². The first kappa shape index (κ1) is 21.9. The monoisotopic (exact) mass is 472 g/mol. The molecule has 0 radical (unpaired) electrons. The number of nitrogens with one attached hydrogen (secondary N) is 1. The van der Waals surface area contributed by atoms with E-state index in [1.165, 1.54) is 30.0 Å². The Kier molecular flexibility index (Phi) is 5.63. The average Bonchev–Trinajstić information content (AvgIpc) is 3.12. The van der Waals surface area contributed by atoms with Crippen LogP contribution in [-0.2, 0) is 11.7 Å². The summed E-state index contributed by atoms with van der Waals surface area (Å²) in [6.45, 7) is 0. The van der Waals surface area contributed by atoms with Crippen molar-refractivity contribution in [3.8, 4) is 0 Å². The molecule has 2 aliphatic rings. The van der Waals surface area contributed by atoms with E-state index >= 15 is 0 Å². The van der Waals surface area contributed by atoms with E-state index in [1.807, 2.05) is 0 Å². The number of alkyl halides is 3. The van der Waals surface area contributed by atoms with Gasteiger partial charge in [-0.15, -0.1) is 0 Å². The number of hydrogen-bond acceptors (Lipinski definition) is 5. The molecule has 1 aliphatic heterocycles. The normalized spacial score (nSPS) is 23.3. The number of carbonyl (C=O) groups excluding carboxylic acids is 1. The second kappa shape index (κ2) is 7.98. The standard InChI is InChI=1S/C20H17ClF4N4OS/c21-14-6-11(20(23,24)25)8-27-16(14)17(30)28-12-3-4-15(22)13(7-12)19-5-1-2-10(19)9-31-18(26)29-19/h3-4,6-8,10H,1-2,5,9H2,(H2,26,29)(H,28,30). The first-order valence-corrected chi connectivity index (χ1v) is 10.8. The van der Waals surface area contributed by atoms with Gasteiger partial charge in [-0.3, -0.25) is 9.79 Å². The third-order valence-corrected chi connectivity index (χ3v) is 6.85. The Morgan fingerprint density at radius 1 is 1.32 bits per heavy atom. The average molecular weight is 473 g/mol. The first-order chi connectivity index (χ1) is 14.6. The van der Waals surface area contributed by atoms with E-state index in [0.29, 0.717) is 29.4 Å². The zero-order valence-electron chi connectivity index (χ0n) is 16.0. The van der Waals surface area contributed by atoms with E-state index < -0.39 is 34.0 Å². The highest BCUT2D eigenvalue weighted by molar-refractivity contribution is 8.13. The van der Waals surface area contributed by atoms with Crippen LogP contribution in [0.25, 0.3) is 0 Å². The number of hydrogen-bond donors (Lipinski definition) is 2. The number of rotatable bonds is 3. The number of aromatic nitrogens is 1. The van der Waals surface area contributed by atoms with Gasteiger partial charge < -0.3 is 11.1 Å². The molecule has 1 saturated carbocycles. The van der Waals surface area contributed by atoms with Gasteiger partial charge in [-0.05, 0) is 43.0 Å². The van der Waals surface area contributed by atoms with Crippen LogP contribution in [0.1, 0.15) is 40.9 Å². The molecule has 1 aromatic carbocycles. The van der Waals surface area contributed by atoms with E-state index in [2.05, 4.69) is 15.3 Å². The smallest absolute Gasteiger partial charge is 0.379 e. The zero-order chi connectivity index (χ0) is 22.4. The number of amides is 1. The summed E-state index contributed by atoms with van der Waals surface area (Å²) in [6, 6.07) is 4.72. The molecule has 0 spiro atoms.